The Bertz CT molecular complexity index is 1210. The molecule has 0 saturated heterocycles. The van der Waals surface area contributed by atoms with Crippen molar-refractivity contribution in [2.24, 2.45) is 0 Å². The molecule has 0 aliphatic rings. The van der Waals surface area contributed by atoms with Crippen molar-refractivity contribution in [3.05, 3.63) is 30.9 Å². The summed E-state index contributed by atoms with van der Waals surface area (Å²) in [5.74, 6) is -0.798. The number of thioether (sulfide) groups is 1. The molecule has 31 heavy (non-hydrogen) atoms. The Kier molecular flexibility index (Phi) is 6.10. The lowest BCUT2D eigenvalue weighted by atomic mass is 10.3. The molecule has 0 N–H and O–H groups in total. The van der Waals surface area contributed by atoms with Crippen LogP contribution in [0.1, 0.15) is 6.92 Å². The highest BCUT2D eigenvalue weighted by molar-refractivity contribution is 8.00. The fraction of sp³-hybridized carbons (Fsp3) is 0.312. The van der Waals surface area contributed by atoms with Crippen LogP contribution in [0.15, 0.2) is 40.8 Å². The Morgan fingerprint density at radius 1 is 1.13 bits per heavy atom. The summed E-state index contributed by atoms with van der Waals surface area (Å²) in [6.45, 7) is -0.310. The maximum absolute atomic E-state index is 12.5. The van der Waals surface area contributed by atoms with E-state index in [4.69, 9.17) is 0 Å². The second kappa shape index (κ2) is 8.18. The molecule has 15 heteroatoms. The molecule has 3 rings (SSSR count). The maximum Gasteiger partial charge on any atom is 0.447 e. The van der Waals surface area contributed by atoms with E-state index >= 15 is 0 Å². The van der Waals surface area contributed by atoms with Crippen molar-refractivity contribution < 1.29 is 39.5 Å². The van der Waals surface area contributed by atoms with Gasteiger partial charge in [0.25, 0.3) is 0 Å². The minimum atomic E-state index is -4.64. The van der Waals surface area contributed by atoms with Gasteiger partial charge in [0.2, 0.25) is 0 Å². The maximum atomic E-state index is 12.5. The number of sulfone groups is 1. The molecule has 0 atom stereocenters. The average molecular weight is 486 g/mol. The van der Waals surface area contributed by atoms with E-state index in [1.807, 2.05) is 0 Å². The lowest BCUT2D eigenvalue weighted by molar-refractivity contribution is -0.153. The van der Waals surface area contributed by atoms with Gasteiger partial charge in [-0.05, 0) is 0 Å². The van der Waals surface area contributed by atoms with Gasteiger partial charge < -0.3 is 4.74 Å². The quantitative estimate of drug-likeness (QED) is 0.294. The number of aromatic nitrogens is 4. The molecule has 0 bridgehead atoms. The number of halogens is 6. The van der Waals surface area contributed by atoms with Gasteiger partial charge in [0.05, 0.1) is 16.8 Å². The number of nitrogens with zero attached hydrogens (tertiary/aromatic N) is 4. The van der Waals surface area contributed by atoms with E-state index in [1.54, 1.807) is 0 Å². The molecule has 3 aromatic rings. The zero-order chi connectivity index (χ0) is 23.0. The van der Waals surface area contributed by atoms with Gasteiger partial charge in [-0.2, -0.15) is 26.3 Å². The van der Waals surface area contributed by atoms with E-state index < -0.39 is 50.5 Å². The highest BCUT2D eigenvalue weighted by Crippen LogP contribution is 2.36. The second-order valence-electron chi connectivity index (χ2n) is 5.99. The van der Waals surface area contributed by atoms with Gasteiger partial charge in [0.1, 0.15) is 34.1 Å². The van der Waals surface area contributed by atoms with E-state index in [0.717, 1.165) is 24.7 Å². The van der Waals surface area contributed by atoms with Crippen molar-refractivity contribution in [1.29, 1.82) is 0 Å². The van der Waals surface area contributed by atoms with Gasteiger partial charge in [0, 0.05) is 30.1 Å². The van der Waals surface area contributed by atoms with Gasteiger partial charge in [-0.15, -0.1) is 0 Å². The standard InChI is InChI=1S/C16H12F6N4O3S2/c1-2-31(27,28)11-3-9(29-7-15(17,18)19)5-23-14(11)10-6-26-8-24-13(4-12(26)25-10)30-16(20,21)22/h3-6,8H,2,7H2,1H3. The van der Waals surface area contributed by atoms with Crippen molar-refractivity contribution in [2.75, 3.05) is 12.4 Å². The molecule has 0 amide bonds. The summed E-state index contributed by atoms with van der Waals surface area (Å²) in [6.07, 6.45) is -1.38. The molecular formula is C16H12F6N4O3S2. The Balaban J connectivity index is 2.05. The Morgan fingerprint density at radius 3 is 2.45 bits per heavy atom. The first-order valence-electron chi connectivity index (χ1n) is 8.30. The lowest BCUT2D eigenvalue weighted by Crippen LogP contribution is -2.19. The van der Waals surface area contributed by atoms with Crippen molar-refractivity contribution in [3.63, 3.8) is 0 Å². The Morgan fingerprint density at radius 2 is 1.84 bits per heavy atom. The normalized spacial score (nSPS) is 13.0. The number of imidazole rings is 1. The zero-order valence-corrected chi connectivity index (χ0v) is 17.0. The summed E-state index contributed by atoms with van der Waals surface area (Å²) in [5, 5.41) is -0.373. The van der Waals surface area contributed by atoms with E-state index in [0.29, 0.717) is 0 Å². The van der Waals surface area contributed by atoms with Crippen molar-refractivity contribution in [3.8, 4) is 17.1 Å². The third-order valence-electron chi connectivity index (χ3n) is 3.73. The van der Waals surface area contributed by atoms with Gasteiger partial charge in [-0.1, -0.05) is 6.92 Å². The molecule has 0 unspecified atom stereocenters. The molecule has 3 aromatic heterocycles. The van der Waals surface area contributed by atoms with E-state index in [9.17, 15) is 34.8 Å². The average Bonchev–Trinajstić information content (AvgIpc) is 3.07. The first-order valence-corrected chi connectivity index (χ1v) is 10.8. The molecule has 0 fully saturated rings. The fourth-order valence-electron chi connectivity index (χ4n) is 2.42. The topological polar surface area (TPSA) is 86.5 Å². The number of hydrogen-bond donors (Lipinski definition) is 0. The van der Waals surface area contributed by atoms with Crippen LogP contribution in [0.5, 0.6) is 5.75 Å². The molecule has 0 radical (unpaired) electrons. The summed E-state index contributed by atoms with van der Waals surface area (Å²) >= 11 is -0.443. The second-order valence-corrected chi connectivity index (χ2v) is 9.32. The minimum Gasteiger partial charge on any atom is -0.482 e. The highest BCUT2D eigenvalue weighted by atomic mass is 32.2. The van der Waals surface area contributed by atoms with E-state index in [1.165, 1.54) is 17.5 Å². The number of alkyl halides is 6. The van der Waals surface area contributed by atoms with Crippen LogP contribution in [0.25, 0.3) is 17.0 Å². The highest BCUT2D eigenvalue weighted by Gasteiger charge is 2.31. The Hall–Kier alpha value is -2.55. The van der Waals surface area contributed by atoms with Crippen LogP contribution in [0.4, 0.5) is 26.3 Å². The van der Waals surface area contributed by atoms with Crippen LogP contribution < -0.4 is 4.74 Å². The van der Waals surface area contributed by atoms with E-state index in [2.05, 4.69) is 19.7 Å². The first kappa shape index (κ1) is 23.1. The summed E-state index contributed by atoms with van der Waals surface area (Å²) in [5.41, 5.74) is -4.73. The number of hydrogen-bond acceptors (Lipinski definition) is 7. The third kappa shape index (κ3) is 5.78. The van der Waals surface area contributed by atoms with Crippen LogP contribution >= 0.6 is 11.8 Å². The number of pyridine rings is 1. The minimum absolute atomic E-state index is 0.0228. The zero-order valence-electron chi connectivity index (χ0n) is 15.4. The monoisotopic (exact) mass is 486 g/mol. The first-order chi connectivity index (χ1) is 14.3. The van der Waals surface area contributed by atoms with Crippen molar-refractivity contribution >= 4 is 27.2 Å². The molecule has 0 aliphatic heterocycles. The van der Waals surface area contributed by atoms with Crippen molar-refractivity contribution in [2.45, 2.75) is 28.5 Å². The van der Waals surface area contributed by atoms with Gasteiger partial charge in [-0.25, -0.2) is 23.4 Å². The molecule has 3 heterocycles. The van der Waals surface area contributed by atoms with Crippen LogP contribution in [0.3, 0.4) is 0 Å². The van der Waals surface area contributed by atoms with Crippen LogP contribution in [-0.4, -0.2) is 51.8 Å². The van der Waals surface area contributed by atoms with Gasteiger partial charge >= 0.3 is 11.7 Å². The lowest BCUT2D eigenvalue weighted by Gasteiger charge is -2.12. The summed E-state index contributed by atoms with van der Waals surface area (Å²) < 4.78 is 106. The molecular weight excluding hydrogens is 474 g/mol. The van der Waals surface area contributed by atoms with E-state index in [-0.39, 0.29) is 27.8 Å². The van der Waals surface area contributed by atoms with Crippen LogP contribution in [-0.2, 0) is 9.84 Å². The summed E-state index contributed by atoms with van der Waals surface area (Å²) in [7, 11) is -3.96. The number of ether oxygens (including phenoxy) is 1. The fourth-order valence-corrected chi connectivity index (χ4v) is 3.98. The molecule has 7 nitrogen and oxygen atoms in total. The third-order valence-corrected chi connectivity index (χ3v) is 6.14. The smallest absolute Gasteiger partial charge is 0.447 e. The molecule has 0 spiro atoms. The predicted molar refractivity (Wildman–Crippen MR) is 97.4 cm³/mol. The van der Waals surface area contributed by atoms with Crippen LogP contribution in [0.2, 0.25) is 0 Å². The van der Waals surface area contributed by atoms with Crippen molar-refractivity contribution in [1.82, 2.24) is 19.4 Å². The predicted octanol–water partition coefficient (Wildman–Crippen LogP) is 4.14. The number of fused-ring (bicyclic) bond motifs is 1. The number of rotatable bonds is 6. The van der Waals surface area contributed by atoms with Crippen LogP contribution in [0, 0.1) is 0 Å². The van der Waals surface area contributed by atoms with Gasteiger partial charge in [-0.3, -0.25) is 4.40 Å². The molecule has 168 valence electrons. The Labute approximate surface area is 175 Å². The molecule has 0 saturated carbocycles. The van der Waals surface area contributed by atoms with Gasteiger partial charge in [0.15, 0.2) is 16.4 Å². The molecule has 0 aliphatic carbocycles. The molecule has 0 aromatic carbocycles. The summed E-state index contributed by atoms with van der Waals surface area (Å²) in [4.78, 5) is 11.2. The largest absolute Gasteiger partial charge is 0.482 e. The SMILES string of the molecule is CCS(=O)(=O)c1cc(OCC(F)(F)F)cnc1-c1cn2cnc(SC(F)(F)F)cc2n1. The summed E-state index contributed by atoms with van der Waals surface area (Å²) in [6, 6.07) is 1.95.